The normalized spacial score (nSPS) is 23.0. The first-order chi connectivity index (χ1) is 10.1. The zero-order valence-electron chi connectivity index (χ0n) is 12.3. The van der Waals surface area contributed by atoms with Crippen molar-refractivity contribution in [3.05, 3.63) is 30.1 Å². The van der Waals surface area contributed by atoms with Crippen LogP contribution in [0.2, 0.25) is 0 Å². The highest BCUT2D eigenvalue weighted by Crippen LogP contribution is 2.35. The summed E-state index contributed by atoms with van der Waals surface area (Å²) in [5.41, 5.74) is 0.199. The Balaban J connectivity index is 1.90. The van der Waals surface area contributed by atoms with Crippen LogP contribution in [0, 0.1) is 0 Å². The van der Waals surface area contributed by atoms with Crippen LogP contribution in [0.4, 0.5) is 0 Å². The molecule has 3 rings (SSSR count). The van der Waals surface area contributed by atoms with E-state index in [4.69, 9.17) is 0 Å². The van der Waals surface area contributed by atoms with Crippen molar-refractivity contribution in [2.24, 2.45) is 0 Å². The summed E-state index contributed by atoms with van der Waals surface area (Å²) in [4.78, 5) is 31.2. The molecule has 0 radical (unpaired) electrons. The van der Waals surface area contributed by atoms with E-state index in [1.165, 1.54) is 0 Å². The molecule has 2 fully saturated rings. The van der Waals surface area contributed by atoms with E-state index >= 15 is 0 Å². The lowest BCUT2D eigenvalue weighted by Crippen LogP contribution is -2.55. The Labute approximate surface area is 124 Å². The second kappa shape index (κ2) is 5.47. The Bertz CT molecular complexity index is 538. The molecular formula is C16H21N3O2. The van der Waals surface area contributed by atoms with E-state index in [1.54, 1.807) is 6.20 Å². The van der Waals surface area contributed by atoms with Gasteiger partial charge in [0.25, 0.3) is 0 Å². The highest BCUT2D eigenvalue weighted by Gasteiger charge is 2.47. The maximum Gasteiger partial charge on any atom is 0.248 e. The minimum Gasteiger partial charge on any atom is -0.342 e. The number of rotatable bonds is 2. The number of carbonyl (C=O) groups is 2. The first kappa shape index (κ1) is 14.0. The number of nitrogens with one attached hydrogen (secondary N) is 1. The van der Waals surface area contributed by atoms with Crippen LogP contribution in [0.15, 0.2) is 24.4 Å². The molecular weight excluding hydrogens is 266 g/mol. The maximum atomic E-state index is 13.0. The van der Waals surface area contributed by atoms with Crippen LogP contribution in [-0.4, -0.2) is 33.8 Å². The fourth-order valence-corrected chi connectivity index (χ4v) is 3.45. The van der Waals surface area contributed by atoms with Gasteiger partial charge in [-0.3, -0.25) is 14.6 Å². The van der Waals surface area contributed by atoms with E-state index in [0.29, 0.717) is 13.0 Å². The molecule has 2 aliphatic rings. The van der Waals surface area contributed by atoms with E-state index in [2.05, 4.69) is 10.3 Å². The molecule has 112 valence electrons. The molecule has 1 spiro atoms. The summed E-state index contributed by atoms with van der Waals surface area (Å²) in [7, 11) is 0. The van der Waals surface area contributed by atoms with Crippen LogP contribution in [0.3, 0.4) is 0 Å². The van der Waals surface area contributed by atoms with Gasteiger partial charge in [0, 0.05) is 19.2 Å². The predicted molar refractivity (Wildman–Crippen MR) is 78.3 cm³/mol. The smallest absolute Gasteiger partial charge is 0.248 e. The monoisotopic (exact) mass is 287 g/mol. The van der Waals surface area contributed by atoms with Crippen molar-refractivity contribution in [2.75, 3.05) is 6.54 Å². The summed E-state index contributed by atoms with van der Waals surface area (Å²) in [5.74, 6) is 0.0463. The predicted octanol–water partition coefficient (Wildman–Crippen LogP) is 1.80. The lowest BCUT2D eigenvalue weighted by atomic mass is 9.95. The van der Waals surface area contributed by atoms with E-state index in [9.17, 15) is 9.59 Å². The largest absolute Gasteiger partial charge is 0.342 e. The molecule has 1 aliphatic heterocycles. The van der Waals surface area contributed by atoms with Crippen molar-refractivity contribution in [1.29, 1.82) is 0 Å². The first-order valence-corrected chi connectivity index (χ1v) is 7.65. The second-order valence-electron chi connectivity index (χ2n) is 6.02. The molecule has 1 atom stereocenters. The van der Waals surface area contributed by atoms with Gasteiger partial charge < -0.3 is 10.2 Å². The first-order valence-electron chi connectivity index (χ1n) is 7.65. The van der Waals surface area contributed by atoms with E-state index < -0.39 is 5.54 Å². The van der Waals surface area contributed by atoms with Gasteiger partial charge >= 0.3 is 0 Å². The fourth-order valence-electron chi connectivity index (χ4n) is 3.45. The van der Waals surface area contributed by atoms with Crippen LogP contribution >= 0.6 is 0 Å². The summed E-state index contributed by atoms with van der Waals surface area (Å²) >= 11 is 0. The number of hydrogen-bond acceptors (Lipinski definition) is 3. The van der Waals surface area contributed by atoms with Gasteiger partial charge in [-0.05, 0) is 31.9 Å². The average molecular weight is 287 g/mol. The summed E-state index contributed by atoms with van der Waals surface area (Å²) in [6.45, 7) is 2.45. The van der Waals surface area contributed by atoms with Gasteiger partial charge in [-0.15, -0.1) is 0 Å². The Kier molecular flexibility index (Phi) is 3.66. The summed E-state index contributed by atoms with van der Waals surface area (Å²) in [6, 6.07) is 5.61. The number of hydrogen-bond donors (Lipinski definition) is 1. The van der Waals surface area contributed by atoms with Gasteiger partial charge in [0.1, 0.15) is 5.54 Å². The van der Waals surface area contributed by atoms with Crippen LogP contribution in [0.1, 0.15) is 50.8 Å². The van der Waals surface area contributed by atoms with Crippen molar-refractivity contribution in [3.63, 3.8) is 0 Å². The summed E-state index contributed by atoms with van der Waals surface area (Å²) in [6.07, 6.45) is 5.61. The molecule has 0 aromatic carbocycles. The molecule has 2 heterocycles. The third-order valence-corrected chi connectivity index (χ3v) is 4.67. The minimum absolute atomic E-state index is 0.0130. The van der Waals surface area contributed by atoms with Gasteiger partial charge in [-0.25, -0.2) is 0 Å². The molecule has 1 N–H and O–H groups in total. The topological polar surface area (TPSA) is 62.3 Å². The van der Waals surface area contributed by atoms with Crippen LogP contribution in [0.5, 0.6) is 0 Å². The second-order valence-corrected chi connectivity index (χ2v) is 6.02. The Hall–Kier alpha value is -1.91. The third kappa shape index (κ3) is 2.52. The van der Waals surface area contributed by atoms with E-state index in [-0.39, 0.29) is 17.9 Å². The van der Waals surface area contributed by atoms with Gasteiger partial charge in [0.2, 0.25) is 11.8 Å². The van der Waals surface area contributed by atoms with Gasteiger partial charge in [-0.2, -0.15) is 0 Å². The molecule has 1 saturated carbocycles. The quantitative estimate of drug-likeness (QED) is 0.902. The molecule has 1 unspecified atom stereocenters. The van der Waals surface area contributed by atoms with Crippen LogP contribution < -0.4 is 5.32 Å². The Morgan fingerprint density at radius 2 is 2.05 bits per heavy atom. The fraction of sp³-hybridized carbons (Fsp3) is 0.562. The Morgan fingerprint density at radius 1 is 1.29 bits per heavy atom. The van der Waals surface area contributed by atoms with Crippen LogP contribution in [0.25, 0.3) is 0 Å². The van der Waals surface area contributed by atoms with Crippen molar-refractivity contribution in [2.45, 2.75) is 50.6 Å². The average Bonchev–Trinajstić information content (AvgIpc) is 2.92. The molecule has 21 heavy (non-hydrogen) atoms. The number of nitrogens with zero attached hydrogens (tertiary/aromatic N) is 2. The zero-order valence-corrected chi connectivity index (χ0v) is 12.3. The van der Waals surface area contributed by atoms with E-state index in [1.807, 2.05) is 30.0 Å². The number of carbonyl (C=O) groups excluding carboxylic acids is 2. The van der Waals surface area contributed by atoms with Gasteiger partial charge in [0.05, 0.1) is 11.7 Å². The van der Waals surface area contributed by atoms with Gasteiger partial charge in [0.15, 0.2) is 0 Å². The van der Waals surface area contributed by atoms with Crippen LogP contribution in [-0.2, 0) is 9.59 Å². The SMILES string of the molecule is CC(c1ccccn1)N1CCC(=O)NC2(CCCC2)C1=O. The zero-order chi connectivity index (χ0) is 14.9. The van der Waals surface area contributed by atoms with Crippen molar-refractivity contribution >= 4 is 11.8 Å². The number of pyridine rings is 1. The Morgan fingerprint density at radius 3 is 2.71 bits per heavy atom. The van der Waals surface area contributed by atoms with Crippen molar-refractivity contribution in [3.8, 4) is 0 Å². The molecule has 1 aromatic rings. The third-order valence-electron chi connectivity index (χ3n) is 4.67. The summed E-state index contributed by atoms with van der Waals surface area (Å²) < 4.78 is 0. The molecule has 1 aromatic heterocycles. The molecule has 0 bridgehead atoms. The molecule has 1 saturated heterocycles. The molecule has 1 aliphatic carbocycles. The van der Waals surface area contributed by atoms with Crippen molar-refractivity contribution < 1.29 is 9.59 Å². The lowest BCUT2D eigenvalue weighted by Gasteiger charge is -2.35. The molecule has 2 amide bonds. The number of aromatic nitrogens is 1. The standard InChI is InChI=1S/C16H21N3O2/c1-12(13-6-2-5-10-17-13)19-11-7-14(20)18-16(15(19)21)8-3-4-9-16/h2,5-6,10,12H,3-4,7-9,11H2,1H3,(H,18,20). The lowest BCUT2D eigenvalue weighted by molar-refractivity contribution is -0.140. The van der Waals surface area contributed by atoms with Gasteiger partial charge in [-0.1, -0.05) is 18.9 Å². The highest BCUT2D eigenvalue weighted by atomic mass is 16.2. The molecule has 5 heteroatoms. The molecule has 5 nitrogen and oxygen atoms in total. The maximum absolute atomic E-state index is 13.0. The highest BCUT2D eigenvalue weighted by molar-refractivity contribution is 5.94. The summed E-state index contributed by atoms with van der Waals surface area (Å²) in [5, 5.41) is 2.99. The minimum atomic E-state index is -0.670. The number of amides is 2. The van der Waals surface area contributed by atoms with E-state index in [0.717, 1.165) is 31.4 Å². The van der Waals surface area contributed by atoms with Crippen molar-refractivity contribution in [1.82, 2.24) is 15.2 Å².